The topological polar surface area (TPSA) is 57.2 Å². The van der Waals surface area contributed by atoms with Crippen molar-refractivity contribution in [3.63, 3.8) is 0 Å². The monoisotopic (exact) mass is 159 g/mol. The van der Waals surface area contributed by atoms with Crippen LogP contribution in [0.5, 0.6) is 5.75 Å². The van der Waals surface area contributed by atoms with Crippen molar-refractivity contribution < 1.29 is 9.52 Å². The van der Waals surface area contributed by atoms with E-state index in [9.17, 15) is 5.11 Å². The standard InChI is InChI=1S/C9H5NO2/c10-5-8-9(11)6-3-1-2-4-7(6)12-8/h1-4,11H. The Balaban J connectivity index is 2.90. The Morgan fingerprint density at radius 2 is 2.08 bits per heavy atom. The smallest absolute Gasteiger partial charge is 0.246 e. The van der Waals surface area contributed by atoms with Gasteiger partial charge >= 0.3 is 0 Å². The second-order valence-corrected chi connectivity index (χ2v) is 2.39. The first-order valence-corrected chi connectivity index (χ1v) is 3.43. The van der Waals surface area contributed by atoms with Crippen molar-refractivity contribution >= 4 is 11.0 Å². The molecule has 0 bridgehead atoms. The number of fused-ring (bicyclic) bond motifs is 1. The summed E-state index contributed by atoms with van der Waals surface area (Å²) >= 11 is 0. The summed E-state index contributed by atoms with van der Waals surface area (Å²) in [7, 11) is 0. The molecule has 12 heavy (non-hydrogen) atoms. The lowest BCUT2D eigenvalue weighted by atomic mass is 10.2. The van der Waals surface area contributed by atoms with Crippen LogP contribution in [0.15, 0.2) is 28.7 Å². The van der Waals surface area contributed by atoms with Gasteiger partial charge in [-0.1, -0.05) is 12.1 Å². The number of aromatic hydroxyl groups is 1. The predicted octanol–water partition coefficient (Wildman–Crippen LogP) is 2.01. The SMILES string of the molecule is N#Cc1oc2ccccc2c1O. The molecule has 0 aliphatic heterocycles. The Morgan fingerprint density at radius 1 is 1.33 bits per heavy atom. The van der Waals surface area contributed by atoms with E-state index in [0.29, 0.717) is 11.0 Å². The average molecular weight is 159 g/mol. The van der Waals surface area contributed by atoms with Crippen LogP contribution in [0.25, 0.3) is 11.0 Å². The van der Waals surface area contributed by atoms with Crippen molar-refractivity contribution in [3.8, 4) is 11.8 Å². The lowest BCUT2D eigenvalue weighted by molar-refractivity contribution is 0.459. The zero-order chi connectivity index (χ0) is 8.55. The highest BCUT2D eigenvalue weighted by Crippen LogP contribution is 2.30. The van der Waals surface area contributed by atoms with E-state index in [2.05, 4.69) is 0 Å². The fourth-order valence-electron chi connectivity index (χ4n) is 1.11. The van der Waals surface area contributed by atoms with Crippen LogP contribution in [0.3, 0.4) is 0 Å². The molecule has 0 spiro atoms. The van der Waals surface area contributed by atoms with Crippen LogP contribution in [0.4, 0.5) is 0 Å². The first kappa shape index (κ1) is 6.74. The van der Waals surface area contributed by atoms with Gasteiger partial charge in [0.1, 0.15) is 11.7 Å². The fraction of sp³-hybridized carbons (Fsp3) is 0. The van der Waals surface area contributed by atoms with Crippen LogP contribution in [-0.4, -0.2) is 5.11 Å². The maximum absolute atomic E-state index is 9.37. The number of hydrogen-bond donors (Lipinski definition) is 1. The van der Waals surface area contributed by atoms with Gasteiger partial charge in [0.15, 0.2) is 5.75 Å². The van der Waals surface area contributed by atoms with Gasteiger partial charge in [-0.05, 0) is 12.1 Å². The summed E-state index contributed by atoms with van der Waals surface area (Å²) in [6.45, 7) is 0. The molecule has 3 heteroatoms. The highest BCUT2D eigenvalue weighted by molar-refractivity contribution is 5.85. The molecule has 1 aromatic carbocycles. The molecule has 0 aliphatic carbocycles. The van der Waals surface area contributed by atoms with Gasteiger partial charge in [-0.25, -0.2) is 0 Å². The summed E-state index contributed by atoms with van der Waals surface area (Å²) < 4.78 is 5.04. The molecule has 1 N–H and O–H groups in total. The highest BCUT2D eigenvalue weighted by atomic mass is 16.4. The number of nitriles is 1. The molecule has 2 aromatic rings. The Morgan fingerprint density at radius 3 is 2.75 bits per heavy atom. The molecule has 0 saturated carbocycles. The molecule has 1 aromatic heterocycles. The molecular formula is C9H5NO2. The minimum atomic E-state index is -0.0758. The summed E-state index contributed by atoms with van der Waals surface area (Å²) in [6, 6.07) is 8.74. The fourth-order valence-corrected chi connectivity index (χ4v) is 1.11. The highest BCUT2D eigenvalue weighted by Gasteiger charge is 2.10. The second-order valence-electron chi connectivity index (χ2n) is 2.39. The Kier molecular flexibility index (Phi) is 1.28. The summed E-state index contributed by atoms with van der Waals surface area (Å²) in [5, 5.41) is 18.5. The van der Waals surface area contributed by atoms with Gasteiger partial charge in [0.05, 0.1) is 5.39 Å². The lowest BCUT2D eigenvalue weighted by Gasteiger charge is -1.84. The van der Waals surface area contributed by atoms with Crippen LogP contribution < -0.4 is 0 Å². The average Bonchev–Trinajstić information content (AvgIpc) is 2.44. The number of benzene rings is 1. The molecule has 0 amide bonds. The van der Waals surface area contributed by atoms with E-state index in [-0.39, 0.29) is 11.5 Å². The maximum atomic E-state index is 9.37. The molecule has 0 fully saturated rings. The Hall–Kier alpha value is -1.95. The third-order valence-corrected chi connectivity index (χ3v) is 1.67. The number of furan rings is 1. The quantitative estimate of drug-likeness (QED) is 0.639. The normalized spacial score (nSPS) is 9.92. The Labute approximate surface area is 68.5 Å². The minimum absolute atomic E-state index is 0.0313. The van der Waals surface area contributed by atoms with Gasteiger partial charge in [0, 0.05) is 0 Å². The van der Waals surface area contributed by atoms with Gasteiger partial charge in [-0.15, -0.1) is 0 Å². The molecule has 58 valence electrons. The number of para-hydroxylation sites is 1. The molecule has 0 atom stereocenters. The van der Waals surface area contributed by atoms with Gasteiger partial charge in [0.25, 0.3) is 0 Å². The van der Waals surface area contributed by atoms with Gasteiger partial charge in [-0.2, -0.15) is 5.26 Å². The van der Waals surface area contributed by atoms with Crippen LogP contribution >= 0.6 is 0 Å². The number of hydrogen-bond acceptors (Lipinski definition) is 3. The Bertz CT molecular complexity index is 465. The van der Waals surface area contributed by atoms with E-state index >= 15 is 0 Å². The third kappa shape index (κ3) is 0.753. The molecule has 2 rings (SSSR count). The van der Waals surface area contributed by atoms with E-state index in [1.165, 1.54) is 0 Å². The summed E-state index contributed by atoms with van der Waals surface area (Å²) in [5.41, 5.74) is 0.534. The van der Waals surface area contributed by atoms with Crippen molar-refractivity contribution in [1.82, 2.24) is 0 Å². The molecule has 0 aliphatic rings. The van der Waals surface area contributed by atoms with Crippen LogP contribution in [0.1, 0.15) is 5.76 Å². The minimum Gasteiger partial charge on any atom is -0.503 e. The van der Waals surface area contributed by atoms with E-state index in [4.69, 9.17) is 9.68 Å². The van der Waals surface area contributed by atoms with Crippen molar-refractivity contribution in [1.29, 1.82) is 5.26 Å². The summed E-state index contributed by atoms with van der Waals surface area (Å²) in [4.78, 5) is 0. The van der Waals surface area contributed by atoms with Crippen LogP contribution in [0.2, 0.25) is 0 Å². The molecule has 3 nitrogen and oxygen atoms in total. The molecule has 1 heterocycles. The van der Waals surface area contributed by atoms with Crippen molar-refractivity contribution in [3.05, 3.63) is 30.0 Å². The molecule has 0 saturated heterocycles. The maximum Gasteiger partial charge on any atom is 0.246 e. The third-order valence-electron chi connectivity index (χ3n) is 1.67. The van der Waals surface area contributed by atoms with Crippen LogP contribution in [-0.2, 0) is 0 Å². The first-order chi connectivity index (χ1) is 5.83. The molecule has 0 radical (unpaired) electrons. The van der Waals surface area contributed by atoms with Crippen molar-refractivity contribution in [2.45, 2.75) is 0 Å². The van der Waals surface area contributed by atoms with Gasteiger partial charge < -0.3 is 9.52 Å². The van der Waals surface area contributed by atoms with E-state index in [0.717, 1.165) is 0 Å². The van der Waals surface area contributed by atoms with Gasteiger partial charge in [-0.3, -0.25) is 0 Å². The van der Waals surface area contributed by atoms with Gasteiger partial charge in [0.2, 0.25) is 5.76 Å². The number of nitrogens with zero attached hydrogens (tertiary/aromatic N) is 1. The molecular weight excluding hydrogens is 154 g/mol. The first-order valence-electron chi connectivity index (χ1n) is 3.43. The predicted molar refractivity (Wildman–Crippen MR) is 42.6 cm³/mol. The lowest BCUT2D eigenvalue weighted by Crippen LogP contribution is -1.64. The van der Waals surface area contributed by atoms with E-state index in [1.807, 2.05) is 0 Å². The van der Waals surface area contributed by atoms with Crippen LogP contribution in [0, 0.1) is 11.3 Å². The zero-order valence-corrected chi connectivity index (χ0v) is 6.11. The second kappa shape index (κ2) is 2.28. The van der Waals surface area contributed by atoms with E-state index in [1.54, 1.807) is 30.3 Å². The number of rotatable bonds is 0. The summed E-state index contributed by atoms with van der Waals surface area (Å²) in [6.07, 6.45) is 0. The molecule has 0 unspecified atom stereocenters. The largest absolute Gasteiger partial charge is 0.503 e. The van der Waals surface area contributed by atoms with Crippen molar-refractivity contribution in [2.24, 2.45) is 0 Å². The zero-order valence-electron chi connectivity index (χ0n) is 6.11. The summed E-state index contributed by atoms with van der Waals surface area (Å²) in [5.74, 6) is -0.107. The van der Waals surface area contributed by atoms with E-state index < -0.39 is 0 Å². The van der Waals surface area contributed by atoms with Crippen molar-refractivity contribution in [2.75, 3.05) is 0 Å².